The maximum absolute atomic E-state index is 12.8. The second-order valence-corrected chi connectivity index (χ2v) is 4.68. The minimum Gasteiger partial charge on any atom is -0.383 e. The minimum atomic E-state index is -0.163. The number of hydrogen-bond acceptors (Lipinski definition) is 2. The fourth-order valence-corrected chi connectivity index (χ4v) is 2.12. The van der Waals surface area contributed by atoms with Gasteiger partial charge < -0.3 is 10.1 Å². The van der Waals surface area contributed by atoms with Crippen LogP contribution < -0.4 is 5.32 Å². The molecule has 0 fully saturated rings. The van der Waals surface area contributed by atoms with Crippen molar-refractivity contribution < 1.29 is 9.13 Å². The zero-order valence-electron chi connectivity index (χ0n) is 11.4. The number of halogens is 1. The van der Waals surface area contributed by atoms with Gasteiger partial charge in [0.15, 0.2) is 0 Å². The summed E-state index contributed by atoms with van der Waals surface area (Å²) < 4.78 is 17.8. The molecule has 0 saturated carbocycles. The van der Waals surface area contributed by atoms with Crippen molar-refractivity contribution in [2.45, 2.75) is 26.2 Å². The van der Waals surface area contributed by atoms with E-state index in [0.29, 0.717) is 5.92 Å². The molecule has 0 aromatic heterocycles. The zero-order valence-corrected chi connectivity index (χ0v) is 11.4. The maximum Gasteiger partial charge on any atom is 0.123 e. The lowest BCUT2D eigenvalue weighted by Crippen LogP contribution is -2.27. The Bertz CT molecular complexity index is 313. The fraction of sp³-hybridized carbons (Fsp3) is 0.600. The standard InChI is InChI=1S/C15H24FNO/c1-3-4-14(12-17-9-10-18-2)11-13-5-7-15(16)8-6-13/h5-8,14,17H,3-4,9-12H2,1-2H3. The van der Waals surface area contributed by atoms with Gasteiger partial charge in [0.2, 0.25) is 0 Å². The van der Waals surface area contributed by atoms with Gasteiger partial charge in [-0.05, 0) is 43.0 Å². The van der Waals surface area contributed by atoms with Crippen LogP contribution in [0.4, 0.5) is 4.39 Å². The quantitative estimate of drug-likeness (QED) is 0.683. The second-order valence-electron chi connectivity index (χ2n) is 4.68. The topological polar surface area (TPSA) is 21.3 Å². The largest absolute Gasteiger partial charge is 0.383 e. The summed E-state index contributed by atoms with van der Waals surface area (Å²) in [6.07, 6.45) is 3.38. The lowest BCUT2D eigenvalue weighted by Gasteiger charge is -2.17. The van der Waals surface area contributed by atoms with Crippen molar-refractivity contribution in [1.29, 1.82) is 0 Å². The van der Waals surface area contributed by atoms with Gasteiger partial charge in [-0.1, -0.05) is 25.5 Å². The molecular formula is C15H24FNO. The Hall–Kier alpha value is -0.930. The van der Waals surface area contributed by atoms with Crippen molar-refractivity contribution in [3.05, 3.63) is 35.6 Å². The Balaban J connectivity index is 2.38. The highest BCUT2D eigenvalue weighted by atomic mass is 19.1. The molecule has 102 valence electrons. The summed E-state index contributed by atoms with van der Waals surface area (Å²) in [4.78, 5) is 0. The van der Waals surface area contributed by atoms with E-state index < -0.39 is 0 Å². The van der Waals surface area contributed by atoms with Crippen molar-refractivity contribution in [2.75, 3.05) is 26.8 Å². The summed E-state index contributed by atoms with van der Waals surface area (Å²) in [7, 11) is 1.71. The first-order valence-electron chi connectivity index (χ1n) is 6.70. The van der Waals surface area contributed by atoms with Crippen LogP contribution in [0.5, 0.6) is 0 Å². The van der Waals surface area contributed by atoms with Gasteiger partial charge in [0, 0.05) is 13.7 Å². The van der Waals surface area contributed by atoms with Crippen LogP contribution in [0.2, 0.25) is 0 Å². The number of ether oxygens (including phenoxy) is 1. The van der Waals surface area contributed by atoms with Crippen LogP contribution in [0, 0.1) is 11.7 Å². The van der Waals surface area contributed by atoms with Crippen molar-refractivity contribution in [1.82, 2.24) is 5.32 Å². The van der Waals surface area contributed by atoms with E-state index in [1.54, 1.807) is 7.11 Å². The highest BCUT2D eigenvalue weighted by Gasteiger charge is 2.08. The minimum absolute atomic E-state index is 0.163. The predicted molar refractivity (Wildman–Crippen MR) is 73.2 cm³/mol. The van der Waals surface area contributed by atoms with Gasteiger partial charge in [0.1, 0.15) is 5.82 Å². The Labute approximate surface area is 110 Å². The summed E-state index contributed by atoms with van der Waals surface area (Å²) in [5, 5.41) is 3.40. The van der Waals surface area contributed by atoms with Crippen LogP contribution in [0.3, 0.4) is 0 Å². The summed E-state index contributed by atoms with van der Waals surface area (Å²) >= 11 is 0. The molecule has 0 aliphatic rings. The van der Waals surface area contributed by atoms with Crippen molar-refractivity contribution in [2.24, 2.45) is 5.92 Å². The first kappa shape index (κ1) is 15.1. The average molecular weight is 253 g/mol. The molecule has 0 radical (unpaired) electrons. The number of rotatable bonds is 9. The van der Waals surface area contributed by atoms with Crippen LogP contribution in [0.15, 0.2) is 24.3 Å². The average Bonchev–Trinajstić information content (AvgIpc) is 2.37. The van der Waals surface area contributed by atoms with Crippen LogP contribution in [-0.2, 0) is 11.2 Å². The van der Waals surface area contributed by atoms with E-state index in [1.807, 2.05) is 12.1 Å². The van der Waals surface area contributed by atoms with Crippen molar-refractivity contribution >= 4 is 0 Å². The third-order valence-electron chi connectivity index (χ3n) is 3.05. The molecule has 1 aromatic carbocycles. The summed E-state index contributed by atoms with van der Waals surface area (Å²) in [6, 6.07) is 6.84. The Morgan fingerprint density at radius 1 is 1.28 bits per heavy atom. The second kappa shape index (κ2) is 9.06. The third kappa shape index (κ3) is 6.12. The van der Waals surface area contributed by atoms with Gasteiger partial charge >= 0.3 is 0 Å². The van der Waals surface area contributed by atoms with E-state index in [-0.39, 0.29) is 5.82 Å². The van der Waals surface area contributed by atoms with E-state index in [4.69, 9.17) is 4.74 Å². The van der Waals surface area contributed by atoms with Crippen molar-refractivity contribution in [3.63, 3.8) is 0 Å². The summed E-state index contributed by atoms with van der Waals surface area (Å²) in [5.74, 6) is 0.446. The molecule has 1 N–H and O–H groups in total. The van der Waals surface area contributed by atoms with Crippen LogP contribution in [0.25, 0.3) is 0 Å². The van der Waals surface area contributed by atoms with Crippen LogP contribution in [0.1, 0.15) is 25.3 Å². The lowest BCUT2D eigenvalue weighted by molar-refractivity contribution is 0.197. The summed E-state index contributed by atoms with van der Waals surface area (Å²) in [6.45, 7) is 4.83. The molecule has 1 aromatic rings. The van der Waals surface area contributed by atoms with Gasteiger partial charge in [-0.2, -0.15) is 0 Å². The maximum atomic E-state index is 12.8. The molecule has 0 bridgehead atoms. The normalized spacial score (nSPS) is 12.6. The van der Waals surface area contributed by atoms with Gasteiger partial charge in [-0.3, -0.25) is 0 Å². The van der Waals surface area contributed by atoms with E-state index in [0.717, 1.165) is 26.1 Å². The monoisotopic (exact) mass is 253 g/mol. The van der Waals surface area contributed by atoms with Gasteiger partial charge in [-0.25, -0.2) is 4.39 Å². The molecule has 0 spiro atoms. The Morgan fingerprint density at radius 3 is 2.61 bits per heavy atom. The van der Waals surface area contributed by atoms with Gasteiger partial charge in [0.05, 0.1) is 6.61 Å². The predicted octanol–water partition coefficient (Wildman–Crippen LogP) is 3.02. The highest BCUT2D eigenvalue weighted by molar-refractivity contribution is 5.16. The lowest BCUT2D eigenvalue weighted by atomic mass is 9.95. The number of benzene rings is 1. The molecule has 0 aliphatic heterocycles. The third-order valence-corrected chi connectivity index (χ3v) is 3.05. The molecule has 2 nitrogen and oxygen atoms in total. The molecule has 18 heavy (non-hydrogen) atoms. The first-order valence-corrected chi connectivity index (χ1v) is 6.70. The molecule has 0 heterocycles. The Morgan fingerprint density at radius 2 is 2.00 bits per heavy atom. The molecular weight excluding hydrogens is 229 g/mol. The molecule has 1 rings (SSSR count). The zero-order chi connectivity index (χ0) is 13.2. The summed E-state index contributed by atoms with van der Waals surface area (Å²) in [5.41, 5.74) is 1.21. The molecule has 0 aliphatic carbocycles. The Kier molecular flexibility index (Phi) is 7.62. The van der Waals surface area contributed by atoms with Crippen LogP contribution in [-0.4, -0.2) is 26.8 Å². The van der Waals surface area contributed by atoms with Gasteiger partial charge in [-0.15, -0.1) is 0 Å². The molecule has 0 saturated heterocycles. The number of hydrogen-bond donors (Lipinski definition) is 1. The van der Waals surface area contributed by atoms with E-state index >= 15 is 0 Å². The molecule has 1 atom stereocenters. The number of nitrogens with one attached hydrogen (secondary N) is 1. The fourth-order valence-electron chi connectivity index (χ4n) is 2.12. The smallest absolute Gasteiger partial charge is 0.123 e. The van der Waals surface area contributed by atoms with Gasteiger partial charge in [0.25, 0.3) is 0 Å². The van der Waals surface area contributed by atoms with E-state index in [9.17, 15) is 4.39 Å². The highest BCUT2D eigenvalue weighted by Crippen LogP contribution is 2.14. The number of methoxy groups -OCH3 is 1. The molecule has 3 heteroatoms. The van der Waals surface area contributed by atoms with Crippen molar-refractivity contribution in [3.8, 4) is 0 Å². The first-order chi connectivity index (χ1) is 8.76. The SMILES string of the molecule is CCCC(CNCCOC)Cc1ccc(F)cc1. The van der Waals surface area contributed by atoms with E-state index in [1.165, 1.54) is 30.5 Å². The van der Waals surface area contributed by atoms with E-state index in [2.05, 4.69) is 12.2 Å². The molecule has 1 unspecified atom stereocenters. The van der Waals surface area contributed by atoms with Crippen LogP contribution >= 0.6 is 0 Å². The molecule has 0 amide bonds.